The molecular formula is C9H10ClNS. The molecule has 0 saturated carbocycles. The molecule has 0 radical (unpaired) electrons. The maximum Gasteiger partial charge on any atom is 0.0907 e. The van der Waals surface area contributed by atoms with E-state index in [0.29, 0.717) is 0 Å². The normalized spacial score (nSPS) is 11.8. The average molecular weight is 200 g/mol. The largest absolute Gasteiger partial charge is 0.242 e. The third kappa shape index (κ3) is 2.19. The molecule has 0 saturated heterocycles. The third-order valence-electron chi connectivity index (χ3n) is 1.31. The van der Waals surface area contributed by atoms with Crippen molar-refractivity contribution in [3.05, 3.63) is 27.2 Å². The van der Waals surface area contributed by atoms with Crippen molar-refractivity contribution in [2.45, 2.75) is 13.8 Å². The molecule has 0 atom stereocenters. The number of allylic oxidation sites excluding steroid dienone is 1. The Morgan fingerprint density at radius 3 is 2.83 bits per heavy atom. The van der Waals surface area contributed by atoms with Gasteiger partial charge in [0.2, 0.25) is 0 Å². The van der Waals surface area contributed by atoms with E-state index in [1.54, 1.807) is 17.4 Å². The Balaban J connectivity index is 3.13. The first-order valence-electron chi connectivity index (χ1n) is 3.57. The summed E-state index contributed by atoms with van der Waals surface area (Å²) >= 11 is 7.38. The Labute approximate surface area is 81.4 Å². The van der Waals surface area contributed by atoms with E-state index in [2.05, 4.69) is 11.6 Å². The lowest BCUT2D eigenvalue weighted by Crippen LogP contribution is -1.74. The lowest BCUT2D eigenvalue weighted by atomic mass is 10.3. The molecule has 0 unspecified atom stereocenters. The lowest BCUT2D eigenvalue weighted by molar-refractivity contribution is 1.27. The molecule has 1 aromatic rings. The molecule has 0 aromatic carbocycles. The number of aromatic nitrogens is 1. The fraction of sp³-hybridized carbons (Fsp3) is 0.222. The van der Waals surface area contributed by atoms with Gasteiger partial charge in [0.15, 0.2) is 0 Å². The molecule has 0 aliphatic heterocycles. The van der Waals surface area contributed by atoms with Crippen molar-refractivity contribution in [2.24, 2.45) is 0 Å². The summed E-state index contributed by atoms with van der Waals surface area (Å²) in [7, 11) is 0. The minimum Gasteiger partial charge on any atom is -0.242 e. The van der Waals surface area contributed by atoms with Crippen molar-refractivity contribution < 1.29 is 0 Å². The van der Waals surface area contributed by atoms with Crippen LogP contribution in [0.25, 0.3) is 12.2 Å². The Bertz CT molecular complexity index is 321. The number of rotatable bonds is 2. The Morgan fingerprint density at radius 1 is 1.67 bits per heavy atom. The third-order valence-corrected chi connectivity index (χ3v) is 2.35. The summed E-state index contributed by atoms with van der Waals surface area (Å²) in [5.74, 6) is 0. The zero-order chi connectivity index (χ0) is 9.14. The zero-order valence-corrected chi connectivity index (χ0v) is 8.67. The molecule has 1 aromatic heterocycles. The second kappa shape index (κ2) is 3.87. The summed E-state index contributed by atoms with van der Waals surface area (Å²) in [4.78, 5) is 5.36. The number of aryl methyl sites for hydroxylation is 1. The van der Waals surface area contributed by atoms with Gasteiger partial charge in [-0.15, -0.1) is 11.3 Å². The molecule has 1 heterocycles. The predicted octanol–water partition coefficient (Wildman–Crippen LogP) is 3.69. The molecular weight excluding hydrogens is 190 g/mol. The van der Waals surface area contributed by atoms with E-state index in [0.717, 1.165) is 20.6 Å². The highest BCUT2D eigenvalue weighted by Gasteiger charge is 2.02. The molecule has 3 heteroatoms. The van der Waals surface area contributed by atoms with Gasteiger partial charge in [0.25, 0.3) is 0 Å². The van der Waals surface area contributed by atoms with Crippen molar-refractivity contribution in [2.75, 3.05) is 0 Å². The number of thiazole rings is 1. The van der Waals surface area contributed by atoms with Crippen LogP contribution in [-0.2, 0) is 0 Å². The summed E-state index contributed by atoms with van der Waals surface area (Å²) in [6, 6.07) is 0. The highest BCUT2D eigenvalue weighted by molar-refractivity contribution is 7.12. The summed E-state index contributed by atoms with van der Waals surface area (Å²) in [6.07, 6.45) is 3.65. The van der Waals surface area contributed by atoms with Crippen molar-refractivity contribution in [1.29, 1.82) is 0 Å². The maximum absolute atomic E-state index is 5.76. The maximum atomic E-state index is 5.76. The Hall–Kier alpha value is -0.600. The van der Waals surface area contributed by atoms with Crippen LogP contribution < -0.4 is 0 Å². The van der Waals surface area contributed by atoms with Gasteiger partial charge in [-0.1, -0.05) is 18.2 Å². The van der Waals surface area contributed by atoms with Crippen molar-refractivity contribution >= 4 is 35.1 Å². The van der Waals surface area contributed by atoms with Crippen LogP contribution in [0.1, 0.15) is 22.5 Å². The van der Waals surface area contributed by atoms with Gasteiger partial charge >= 0.3 is 0 Å². The van der Waals surface area contributed by atoms with E-state index in [1.807, 2.05) is 19.9 Å². The predicted molar refractivity (Wildman–Crippen MR) is 56.4 cm³/mol. The minimum atomic E-state index is 0.766. The summed E-state index contributed by atoms with van der Waals surface area (Å²) < 4.78 is 0. The molecule has 1 nitrogen and oxygen atoms in total. The van der Waals surface area contributed by atoms with E-state index < -0.39 is 0 Å². The van der Waals surface area contributed by atoms with Crippen LogP contribution in [0.5, 0.6) is 0 Å². The molecule has 0 fully saturated rings. The van der Waals surface area contributed by atoms with Crippen LogP contribution >= 0.6 is 22.9 Å². The first-order valence-corrected chi connectivity index (χ1v) is 4.76. The second-order valence-corrected chi connectivity index (χ2v) is 4.25. The van der Waals surface area contributed by atoms with Gasteiger partial charge in [-0.25, -0.2) is 4.98 Å². The van der Waals surface area contributed by atoms with Crippen LogP contribution in [-0.4, -0.2) is 4.98 Å². The summed E-state index contributed by atoms with van der Waals surface area (Å²) in [5, 5.41) is 1.80. The molecule has 12 heavy (non-hydrogen) atoms. The van der Waals surface area contributed by atoms with E-state index in [1.165, 1.54) is 0 Å². The minimum absolute atomic E-state index is 0.766. The lowest BCUT2D eigenvalue weighted by Gasteiger charge is -1.88. The van der Waals surface area contributed by atoms with Gasteiger partial charge < -0.3 is 0 Å². The van der Waals surface area contributed by atoms with Gasteiger partial charge in [0, 0.05) is 5.03 Å². The first-order chi connectivity index (χ1) is 5.63. The SMILES string of the molecule is C=Cc1nc(C)sc1/C=C(\C)Cl. The quantitative estimate of drug-likeness (QED) is 0.708. The molecule has 0 aliphatic carbocycles. The van der Waals surface area contributed by atoms with Crippen LogP contribution in [0.3, 0.4) is 0 Å². The molecule has 1 rings (SSSR count). The van der Waals surface area contributed by atoms with Crippen molar-refractivity contribution in [3.63, 3.8) is 0 Å². The first kappa shape index (κ1) is 9.49. The summed E-state index contributed by atoms with van der Waals surface area (Å²) in [5.41, 5.74) is 0.914. The van der Waals surface area contributed by atoms with Gasteiger partial charge in [0.05, 0.1) is 15.6 Å². The molecule has 0 N–H and O–H groups in total. The van der Waals surface area contributed by atoms with Crippen molar-refractivity contribution in [3.8, 4) is 0 Å². The van der Waals surface area contributed by atoms with Gasteiger partial charge in [0.1, 0.15) is 0 Å². The van der Waals surface area contributed by atoms with E-state index in [-0.39, 0.29) is 0 Å². The molecule has 0 bridgehead atoms. The molecule has 64 valence electrons. The Kier molecular flexibility index (Phi) is 3.06. The number of hydrogen-bond acceptors (Lipinski definition) is 2. The van der Waals surface area contributed by atoms with Gasteiger partial charge in [-0.05, 0) is 26.0 Å². The fourth-order valence-electron chi connectivity index (χ4n) is 0.889. The van der Waals surface area contributed by atoms with Gasteiger partial charge in [-0.2, -0.15) is 0 Å². The topological polar surface area (TPSA) is 12.9 Å². The number of nitrogens with zero attached hydrogens (tertiary/aromatic N) is 1. The highest BCUT2D eigenvalue weighted by Crippen LogP contribution is 2.22. The molecule has 0 aliphatic rings. The van der Waals surface area contributed by atoms with Crippen LogP contribution in [0.15, 0.2) is 11.6 Å². The van der Waals surface area contributed by atoms with E-state index in [4.69, 9.17) is 11.6 Å². The monoisotopic (exact) mass is 199 g/mol. The molecule has 0 amide bonds. The van der Waals surface area contributed by atoms with Crippen molar-refractivity contribution in [1.82, 2.24) is 4.98 Å². The Morgan fingerprint density at radius 2 is 2.33 bits per heavy atom. The molecule has 0 spiro atoms. The highest BCUT2D eigenvalue weighted by atomic mass is 35.5. The number of hydrogen-bond donors (Lipinski definition) is 0. The van der Waals surface area contributed by atoms with Crippen LogP contribution in [0.4, 0.5) is 0 Å². The van der Waals surface area contributed by atoms with Crippen LogP contribution in [0.2, 0.25) is 0 Å². The van der Waals surface area contributed by atoms with Crippen LogP contribution in [0, 0.1) is 6.92 Å². The fourth-order valence-corrected chi connectivity index (χ4v) is 1.99. The zero-order valence-electron chi connectivity index (χ0n) is 7.10. The summed E-state index contributed by atoms with van der Waals surface area (Å²) in [6.45, 7) is 7.51. The van der Waals surface area contributed by atoms with E-state index in [9.17, 15) is 0 Å². The average Bonchev–Trinajstić information content (AvgIpc) is 2.29. The standard InChI is InChI=1S/C9H10ClNS/c1-4-8-9(5-6(2)10)12-7(3)11-8/h4-5H,1H2,2-3H3/b6-5+. The smallest absolute Gasteiger partial charge is 0.0907 e. The number of halogens is 1. The van der Waals surface area contributed by atoms with Gasteiger partial charge in [-0.3, -0.25) is 0 Å². The second-order valence-electron chi connectivity index (χ2n) is 2.42. The van der Waals surface area contributed by atoms with E-state index >= 15 is 0 Å².